The van der Waals surface area contributed by atoms with Gasteiger partial charge < -0.3 is 9.80 Å². The maximum absolute atomic E-state index is 12.1. The number of carbonyl (C=O) groups excluding carboxylic acids is 1. The first-order valence-electron chi connectivity index (χ1n) is 7.01. The molecule has 17 heavy (non-hydrogen) atoms. The third kappa shape index (κ3) is 2.82. The van der Waals surface area contributed by atoms with Gasteiger partial charge in [0.05, 0.1) is 0 Å². The summed E-state index contributed by atoms with van der Waals surface area (Å²) in [6.45, 7) is 8.96. The zero-order chi connectivity index (χ0) is 12.6. The van der Waals surface area contributed by atoms with Crippen LogP contribution in [0.1, 0.15) is 40.0 Å². The first-order valence-corrected chi connectivity index (χ1v) is 7.01. The van der Waals surface area contributed by atoms with Crippen LogP contribution in [0, 0.1) is 11.8 Å². The first kappa shape index (κ1) is 12.9. The summed E-state index contributed by atoms with van der Waals surface area (Å²) in [5.41, 5.74) is 0. The lowest BCUT2D eigenvalue weighted by Crippen LogP contribution is -2.47. The summed E-state index contributed by atoms with van der Waals surface area (Å²) in [4.78, 5) is 16.7. The fourth-order valence-corrected chi connectivity index (χ4v) is 2.90. The van der Waals surface area contributed by atoms with Gasteiger partial charge in [-0.05, 0) is 39.0 Å². The molecule has 0 spiro atoms. The minimum atomic E-state index is 0.336. The third-order valence-corrected chi connectivity index (χ3v) is 4.55. The first-order chi connectivity index (χ1) is 8.00. The van der Waals surface area contributed by atoms with E-state index >= 15 is 0 Å². The number of rotatable bonds is 3. The molecule has 0 aromatic heterocycles. The summed E-state index contributed by atoms with van der Waals surface area (Å²) in [5.74, 6) is 1.35. The van der Waals surface area contributed by atoms with Crippen LogP contribution in [0.3, 0.4) is 0 Å². The highest BCUT2D eigenvalue weighted by atomic mass is 16.2. The Morgan fingerprint density at radius 1 is 1.29 bits per heavy atom. The number of likely N-dealkylation sites (tertiary alicyclic amines) is 1. The van der Waals surface area contributed by atoms with Crippen molar-refractivity contribution in [2.45, 2.75) is 52.1 Å². The van der Waals surface area contributed by atoms with Gasteiger partial charge in [-0.2, -0.15) is 0 Å². The van der Waals surface area contributed by atoms with Crippen LogP contribution in [0.15, 0.2) is 0 Å². The second-order valence-electron chi connectivity index (χ2n) is 6.13. The van der Waals surface area contributed by atoms with Crippen LogP contribution >= 0.6 is 0 Å². The molecule has 1 saturated carbocycles. The number of piperidine rings is 1. The molecule has 2 atom stereocenters. The van der Waals surface area contributed by atoms with Crippen LogP contribution in [-0.2, 0) is 4.79 Å². The van der Waals surface area contributed by atoms with Crippen molar-refractivity contribution in [3.63, 3.8) is 0 Å². The largest absolute Gasteiger partial charge is 0.342 e. The number of carbonyl (C=O) groups is 1. The monoisotopic (exact) mass is 238 g/mol. The Morgan fingerprint density at radius 3 is 2.24 bits per heavy atom. The molecule has 3 nitrogen and oxygen atoms in total. The van der Waals surface area contributed by atoms with Crippen LogP contribution < -0.4 is 0 Å². The van der Waals surface area contributed by atoms with Gasteiger partial charge in [-0.3, -0.25) is 4.79 Å². The van der Waals surface area contributed by atoms with E-state index < -0.39 is 0 Å². The fraction of sp³-hybridized carbons (Fsp3) is 0.929. The maximum atomic E-state index is 12.1. The van der Waals surface area contributed by atoms with Gasteiger partial charge in [0.25, 0.3) is 0 Å². The predicted octanol–water partition coefficient (Wildman–Crippen LogP) is 1.97. The van der Waals surface area contributed by atoms with E-state index in [0.717, 1.165) is 32.4 Å². The van der Waals surface area contributed by atoms with Gasteiger partial charge in [0, 0.05) is 38.1 Å². The van der Waals surface area contributed by atoms with E-state index in [0.29, 0.717) is 29.8 Å². The molecule has 0 aromatic carbocycles. The molecule has 1 amide bonds. The Balaban J connectivity index is 1.82. The highest BCUT2D eigenvalue weighted by Gasteiger charge is 2.42. The Kier molecular flexibility index (Phi) is 3.76. The smallest absolute Gasteiger partial charge is 0.225 e. The molecule has 0 bridgehead atoms. The molecular weight excluding hydrogens is 212 g/mol. The molecule has 3 heteroatoms. The summed E-state index contributed by atoms with van der Waals surface area (Å²) >= 11 is 0. The van der Waals surface area contributed by atoms with Gasteiger partial charge in [-0.25, -0.2) is 0 Å². The minimum Gasteiger partial charge on any atom is -0.342 e. The summed E-state index contributed by atoms with van der Waals surface area (Å²) in [5, 5.41) is 0. The van der Waals surface area contributed by atoms with E-state index in [4.69, 9.17) is 0 Å². The van der Waals surface area contributed by atoms with Gasteiger partial charge in [0.15, 0.2) is 0 Å². The van der Waals surface area contributed by atoms with Crippen molar-refractivity contribution in [1.82, 2.24) is 9.80 Å². The van der Waals surface area contributed by atoms with E-state index in [1.807, 2.05) is 11.9 Å². The molecule has 0 radical (unpaired) electrons. The molecule has 0 unspecified atom stereocenters. The second kappa shape index (κ2) is 4.97. The molecular formula is C14H26N2O. The van der Waals surface area contributed by atoms with Crippen molar-refractivity contribution in [3.05, 3.63) is 0 Å². The molecule has 1 saturated heterocycles. The van der Waals surface area contributed by atoms with Crippen LogP contribution in [-0.4, -0.2) is 47.9 Å². The topological polar surface area (TPSA) is 23.6 Å². The van der Waals surface area contributed by atoms with Gasteiger partial charge in [-0.1, -0.05) is 6.92 Å². The highest BCUT2D eigenvalue weighted by molar-refractivity contribution is 5.81. The molecule has 98 valence electrons. The van der Waals surface area contributed by atoms with Crippen LogP contribution in [0.5, 0.6) is 0 Å². The number of hydrogen-bond donors (Lipinski definition) is 0. The summed E-state index contributed by atoms with van der Waals surface area (Å²) in [6.07, 6.45) is 3.39. The predicted molar refractivity (Wildman–Crippen MR) is 69.8 cm³/mol. The Labute approximate surface area is 105 Å². The molecule has 0 aromatic rings. The van der Waals surface area contributed by atoms with Crippen molar-refractivity contribution in [2.24, 2.45) is 11.8 Å². The Hall–Kier alpha value is -0.570. The van der Waals surface area contributed by atoms with Crippen LogP contribution in [0.2, 0.25) is 0 Å². The van der Waals surface area contributed by atoms with E-state index in [1.54, 1.807) is 0 Å². The number of amides is 1. The number of nitrogens with zero attached hydrogens (tertiary/aromatic N) is 2. The standard InChI is InChI=1S/C14H26N2O/c1-10(2)16-7-5-12(6-8-16)15(4)14(17)13-9-11(13)3/h10-13H,5-9H2,1-4H3/t11-,13+/m0/s1. The van der Waals surface area contributed by atoms with Crippen molar-refractivity contribution < 1.29 is 4.79 Å². The Bertz CT molecular complexity index is 282. The van der Waals surface area contributed by atoms with Crippen LogP contribution in [0.25, 0.3) is 0 Å². The highest BCUT2D eigenvalue weighted by Crippen LogP contribution is 2.39. The fourth-order valence-electron chi connectivity index (χ4n) is 2.90. The summed E-state index contributed by atoms with van der Waals surface area (Å²) < 4.78 is 0. The molecule has 1 aliphatic heterocycles. The van der Waals surface area contributed by atoms with Crippen molar-refractivity contribution in [3.8, 4) is 0 Å². The molecule has 2 rings (SSSR count). The van der Waals surface area contributed by atoms with Gasteiger partial charge in [-0.15, -0.1) is 0 Å². The van der Waals surface area contributed by atoms with Crippen molar-refractivity contribution in [1.29, 1.82) is 0 Å². The van der Waals surface area contributed by atoms with Gasteiger partial charge >= 0.3 is 0 Å². The quantitative estimate of drug-likeness (QED) is 0.750. The normalized spacial score (nSPS) is 30.6. The van der Waals surface area contributed by atoms with E-state index in [1.165, 1.54) is 0 Å². The molecule has 2 aliphatic rings. The van der Waals surface area contributed by atoms with E-state index in [-0.39, 0.29) is 0 Å². The molecule has 1 heterocycles. The van der Waals surface area contributed by atoms with Gasteiger partial charge in [0.2, 0.25) is 5.91 Å². The zero-order valence-electron chi connectivity index (χ0n) is 11.6. The van der Waals surface area contributed by atoms with Crippen LogP contribution in [0.4, 0.5) is 0 Å². The SMILES string of the molecule is CC(C)N1CCC(N(C)C(=O)[C@@H]2C[C@@H]2C)CC1. The van der Waals surface area contributed by atoms with E-state index in [2.05, 4.69) is 25.7 Å². The lowest BCUT2D eigenvalue weighted by molar-refractivity contribution is -0.134. The van der Waals surface area contributed by atoms with Gasteiger partial charge in [0.1, 0.15) is 0 Å². The number of hydrogen-bond acceptors (Lipinski definition) is 2. The maximum Gasteiger partial charge on any atom is 0.225 e. The van der Waals surface area contributed by atoms with E-state index in [9.17, 15) is 4.79 Å². The minimum absolute atomic E-state index is 0.336. The second-order valence-corrected chi connectivity index (χ2v) is 6.13. The zero-order valence-corrected chi connectivity index (χ0v) is 11.6. The van der Waals surface area contributed by atoms with Crippen molar-refractivity contribution in [2.75, 3.05) is 20.1 Å². The lowest BCUT2D eigenvalue weighted by Gasteiger charge is -2.38. The molecule has 1 aliphatic carbocycles. The van der Waals surface area contributed by atoms with Crippen molar-refractivity contribution >= 4 is 5.91 Å². The average Bonchev–Trinajstić information content (AvgIpc) is 3.04. The molecule has 0 N–H and O–H groups in total. The summed E-state index contributed by atoms with van der Waals surface area (Å²) in [6, 6.07) is 1.12. The Morgan fingerprint density at radius 2 is 1.82 bits per heavy atom. The average molecular weight is 238 g/mol. The summed E-state index contributed by atoms with van der Waals surface area (Å²) in [7, 11) is 2.00. The third-order valence-electron chi connectivity index (χ3n) is 4.55. The lowest BCUT2D eigenvalue weighted by atomic mass is 10.0. The molecule has 2 fully saturated rings.